The smallest absolute Gasteiger partial charge is 0.303 e. The van der Waals surface area contributed by atoms with E-state index in [9.17, 15) is 24.0 Å². The van der Waals surface area contributed by atoms with Crippen LogP contribution in [0.25, 0.3) is 21.0 Å². The van der Waals surface area contributed by atoms with Crippen molar-refractivity contribution in [1.29, 1.82) is 0 Å². The van der Waals surface area contributed by atoms with Gasteiger partial charge in [0.15, 0.2) is 17.3 Å². The third-order valence-electron chi connectivity index (χ3n) is 6.29. The third-order valence-corrected chi connectivity index (χ3v) is 7.48. The van der Waals surface area contributed by atoms with Gasteiger partial charge in [0.1, 0.15) is 16.9 Å². The van der Waals surface area contributed by atoms with Gasteiger partial charge in [0.25, 0.3) is 11.5 Å². The SMILES string of the molecule is COc1c(C(=O)N(C)CCCC(=O)COC(C)=O)sc2c1c(=O)n(CC(=O)c1ccccc1)c1ccccc21. The highest BCUT2D eigenvalue weighted by atomic mass is 32.1. The van der Waals surface area contributed by atoms with Gasteiger partial charge in [-0.15, -0.1) is 11.3 Å². The average molecular weight is 549 g/mol. The van der Waals surface area contributed by atoms with Crippen LogP contribution in [0, 0.1) is 0 Å². The normalized spacial score (nSPS) is 10.9. The summed E-state index contributed by atoms with van der Waals surface area (Å²) in [7, 11) is 3.01. The molecule has 9 nitrogen and oxygen atoms in total. The first-order valence-electron chi connectivity index (χ1n) is 12.3. The number of hydrogen-bond donors (Lipinski definition) is 0. The van der Waals surface area contributed by atoms with E-state index in [1.165, 1.54) is 23.5 Å². The van der Waals surface area contributed by atoms with Crippen molar-refractivity contribution in [3.05, 3.63) is 75.4 Å². The van der Waals surface area contributed by atoms with Gasteiger partial charge in [-0.2, -0.15) is 0 Å². The predicted molar refractivity (Wildman–Crippen MR) is 149 cm³/mol. The second-order valence-corrected chi connectivity index (χ2v) is 10.0. The topological polar surface area (TPSA) is 112 Å². The number of esters is 1. The number of carbonyl (C=O) groups is 4. The van der Waals surface area contributed by atoms with Gasteiger partial charge in [0, 0.05) is 37.9 Å². The molecule has 0 atom stereocenters. The molecule has 0 radical (unpaired) electrons. The number of fused-ring (bicyclic) bond motifs is 3. The van der Waals surface area contributed by atoms with Crippen LogP contribution >= 0.6 is 11.3 Å². The number of carbonyl (C=O) groups excluding carboxylic acids is 4. The number of methoxy groups -OCH3 is 1. The molecule has 10 heteroatoms. The molecule has 39 heavy (non-hydrogen) atoms. The largest absolute Gasteiger partial charge is 0.494 e. The van der Waals surface area contributed by atoms with Gasteiger partial charge in [-0.25, -0.2) is 0 Å². The number of ether oxygens (including phenoxy) is 2. The minimum absolute atomic E-state index is 0.152. The number of amides is 1. The van der Waals surface area contributed by atoms with Crippen LogP contribution in [-0.2, 0) is 20.9 Å². The second-order valence-electron chi connectivity index (χ2n) is 9.02. The number of hydrogen-bond acceptors (Lipinski definition) is 8. The van der Waals surface area contributed by atoms with Crippen LogP contribution < -0.4 is 10.3 Å². The fourth-order valence-corrected chi connectivity index (χ4v) is 5.63. The summed E-state index contributed by atoms with van der Waals surface area (Å²) in [6.45, 7) is 1.06. The monoisotopic (exact) mass is 548 g/mol. The first-order chi connectivity index (χ1) is 18.7. The van der Waals surface area contributed by atoms with Crippen molar-refractivity contribution in [2.75, 3.05) is 27.3 Å². The Morgan fingerprint density at radius 3 is 2.38 bits per heavy atom. The number of pyridine rings is 1. The zero-order valence-corrected chi connectivity index (χ0v) is 22.7. The van der Waals surface area contributed by atoms with Crippen molar-refractivity contribution in [3.8, 4) is 5.75 Å². The summed E-state index contributed by atoms with van der Waals surface area (Å²) >= 11 is 1.16. The van der Waals surface area contributed by atoms with Gasteiger partial charge in [0.2, 0.25) is 0 Å². The van der Waals surface area contributed by atoms with Crippen molar-refractivity contribution >= 4 is 55.8 Å². The molecule has 2 aromatic heterocycles. The van der Waals surface area contributed by atoms with Gasteiger partial charge in [-0.05, 0) is 12.5 Å². The first kappa shape index (κ1) is 27.7. The van der Waals surface area contributed by atoms with Crippen molar-refractivity contribution in [2.24, 2.45) is 0 Å². The Hall–Kier alpha value is -4.31. The molecule has 202 valence electrons. The number of rotatable bonds is 11. The zero-order valence-electron chi connectivity index (χ0n) is 21.9. The summed E-state index contributed by atoms with van der Waals surface area (Å²) in [6.07, 6.45) is 0.534. The molecule has 0 N–H and O–H groups in total. The number of para-hydroxylation sites is 1. The molecular formula is C29H28N2O7S. The summed E-state index contributed by atoms with van der Waals surface area (Å²) in [6, 6.07) is 16.0. The van der Waals surface area contributed by atoms with Crippen LogP contribution in [0.2, 0.25) is 0 Å². The number of nitrogens with zero attached hydrogens (tertiary/aromatic N) is 2. The molecule has 0 saturated carbocycles. The molecule has 4 rings (SSSR count). The quantitative estimate of drug-likeness (QED) is 0.205. The molecular weight excluding hydrogens is 520 g/mol. The van der Waals surface area contributed by atoms with E-state index < -0.39 is 11.5 Å². The number of thiophene rings is 1. The highest BCUT2D eigenvalue weighted by molar-refractivity contribution is 7.22. The summed E-state index contributed by atoms with van der Waals surface area (Å²) in [5, 5.41) is 0.976. The van der Waals surface area contributed by atoms with Crippen LogP contribution in [0.3, 0.4) is 0 Å². The summed E-state index contributed by atoms with van der Waals surface area (Å²) in [4.78, 5) is 64.7. The Labute approximate surface area is 228 Å². The lowest BCUT2D eigenvalue weighted by molar-refractivity contribution is -0.145. The van der Waals surface area contributed by atoms with Gasteiger partial charge < -0.3 is 14.4 Å². The fourth-order valence-electron chi connectivity index (χ4n) is 4.34. The van der Waals surface area contributed by atoms with Gasteiger partial charge >= 0.3 is 5.97 Å². The minimum Gasteiger partial charge on any atom is -0.494 e. The molecule has 2 heterocycles. The third kappa shape index (κ3) is 5.91. The number of aromatic nitrogens is 1. The van der Waals surface area contributed by atoms with Crippen LogP contribution in [0.1, 0.15) is 39.8 Å². The van der Waals surface area contributed by atoms with Gasteiger partial charge in [0.05, 0.1) is 23.9 Å². The van der Waals surface area contributed by atoms with Gasteiger partial charge in [-0.1, -0.05) is 48.5 Å². The molecule has 0 bridgehead atoms. The van der Waals surface area contributed by atoms with Crippen molar-refractivity contribution in [3.63, 3.8) is 0 Å². The highest BCUT2D eigenvalue weighted by Gasteiger charge is 2.27. The second kappa shape index (κ2) is 12.0. The van der Waals surface area contributed by atoms with E-state index in [1.54, 1.807) is 43.4 Å². The Balaban J connectivity index is 1.68. The van der Waals surface area contributed by atoms with E-state index in [0.29, 0.717) is 22.2 Å². The lowest BCUT2D eigenvalue weighted by atomic mass is 10.1. The van der Waals surface area contributed by atoms with Crippen LogP contribution in [0.15, 0.2) is 59.4 Å². The molecule has 1 amide bonds. The fraction of sp³-hybridized carbons (Fsp3) is 0.276. The number of ketones is 2. The van der Waals surface area contributed by atoms with E-state index in [2.05, 4.69) is 0 Å². The molecule has 0 unspecified atom stereocenters. The van der Waals surface area contributed by atoms with Crippen molar-refractivity contribution in [1.82, 2.24) is 9.47 Å². The standard InChI is InChI=1S/C29H28N2O7S/c1-18(32)38-17-20(33)12-9-15-30(2)29(36)27-25(37-3)24-26(39-27)21-13-7-8-14-22(21)31(28(24)35)16-23(34)19-10-5-4-6-11-19/h4-8,10-11,13-14H,9,12,15-17H2,1-3H3. The van der Waals surface area contributed by atoms with E-state index >= 15 is 0 Å². The minimum atomic E-state index is -0.525. The van der Waals surface area contributed by atoms with E-state index in [4.69, 9.17) is 9.47 Å². The Bertz CT molecular complexity index is 1620. The molecule has 0 aliphatic rings. The summed E-state index contributed by atoms with van der Waals surface area (Å²) in [5.41, 5.74) is 0.662. The first-order valence-corrected chi connectivity index (χ1v) is 13.1. The Morgan fingerprint density at radius 1 is 1.00 bits per heavy atom. The van der Waals surface area contributed by atoms with Gasteiger partial charge in [-0.3, -0.25) is 28.5 Å². The molecule has 2 aromatic carbocycles. The molecule has 0 fully saturated rings. The molecule has 0 saturated heterocycles. The molecule has 4 aromatic rings. The predicted octanol–water partition coefficient (Wildman–Crippen LogP) is 4.09. The van der Waals surface area contributed by atoms with E-state index in [-0.39, 0.29) is 59.6 Å². The summed E-state index contributed by atoms with van der Waals surface area (Å²) < 4.78 is 12.3. The van der Waals surface area contributed by atoms with Crippen molar-refractivity contribution in [2.45, 2.75) is 26.3 Å². The number of Topliss-reactive ketones (excluding diaryl/α,β-unsaturated/α-hetero) is 2. The van der Waals surface area contributed by atoms with E-state index in [0.717, 1.165) is 16.7 Å². The van der Waals surface area contributed by atoms with Crippen LogP contribution in [0.5, 0.6) is 5.75 Å². The Kier molecular flexibility index (Phi) is 8.55. The van der Waals surface area contributed by atoms with E-state index in [1.807, 2.05) is 18.2 Å². The van der Waals surface area contributed by atoms with Crippen LogP contribution in [0.4, 0.5) is 0 Å². The molecule has 0 spiro atoms. The maximum Gasteiger partial charge on any atom is 0.303 e. The highest BCUT2D eigenvalue weighted by Crippen LogP contribution is 2.40. The maximum absolute atomic E-state index is 13.8. The average Bonchev–Trinajstić information content (AvgIpc) is 3.34. The lowest BCUT2D eigenvalue weighted by Crippen LogP contribution is -2.28. The van der Waals surface area contributed by atoms with Crippen LogP contribution in [-0.4, -0.2) is 60.2 Å². The number of benzene rings is 2. The zero-order chi connectivity index (χ0) is 28.1. The Morgan fingerprint density at radius 2 is 1.69 bits per heavy atom. The summed E-state index contributed by atoms with van der Waals surface area (Å²) in [5.74, 6) is -1.16. The molecule has 0 aliphatic heterocycles. The van der Waals surface area contributed by atoms with Crippen molar-refractivity contribution < 1.29 is 28.7 Å². The lowest BCUT2D eigenvalue weighted by Gasteiger charge is -2.16. The molecule has 0 aliphatic carbocycles. The maximum atomic E-state index is 13.8.